The maximum Gasteiger partial charge on any atom is 0.420 e. The summed E-state index contributed by atoms with van der Waals surface area (Å²) in [7, 11) is 0. The Balaban J connectivity index is 2.05. The lowest BCUT2D eigenvalue weighted by Gasteiger charge is -2.04. The van der Waals surface area contributed by atoms with Gasteiger partial charge in [-0.2, -0.15) is 13.2 Å². The minimum absolute atomic E-state index is 0.413. The van der Waals surface area contributed by atoms with Gasteiger partial charge in [0.2, 0.25) is 3.57 Å². The summed E-state index contributed by atoms with van der Waals surface area (Å²) in [6.07, 6.45) is -4.29. The quantitative estimate of drug-likeness (QED) is 0.517. The molecule has 0 spiro atoms. The molecule has 0 atom stereocenters. The molecule has 0 aliphatic carbocycles. The fourth-order valence-corrected chi connectivity index (χ4v) is 2.89. The molecular formula is C15H9F3I+. The van der Waals surface area contributed by atoms with Crippen LogP contribution in [0, 0.1) is 13.4 Å². The van der Waals surface area contributed by atoms with Crippen molar-refractivity contribution in [1.82, 2.24) is 0 Å². The normalized spacial score (nSPS) is 10.7. The van der Waals surface area contributed by atoms with Gasteiger partial charge < -0.3 is 0 Å². The van der Waals surface area contributed by atoms with Crippen molar-refractivity contribution < 1.29 is 34.4 Å². The van der Waals surface area contributed by atoms with Crippen LogP contribution in [0.2, 0.25) is 0 Å². The molecule has 0 heterocycles. The summed E-state index contributed by atoms with van der Waals surface area (Å²) in [4.78, 5) is 0. The van der Waals surface area contributed by atoms with Crippen LogP contribution >= 0.6 is 0 Å². The van der Waals surface area contributed by atoms with Crippen LogP contribution in [0.5, 0.6) is 0 Å². The van der Waals surface area contributed by atoms with Crippen molar-refractivity contribution in [3.8, 4) is 9.85 Å². The smallest absolute Gasteiger partial charge is 0.166 e. The highest BCUT2D eigenvalue weighted by Gasteiger charge is 2.29. The zero-order valence-corrected chi connectivity index (χ0v) is 11.9. The highest BCUT2D eigenvalue weighted by molar-refractivity contribution is 5.35. The predicted molar refractivity (Wildman–Crippen MR) is 63.5 cm³/mol. The minimum atomic E-state index is -4.29. The van der Waals surface area contributed by atoms with E-state index in [9.17, 15) is 13.2 Å². The van der Waals surface area contributed by atoms with E-state index in [0.29, 0.717) is 5.56 Å². The van der Waals surface area contributed by atoms with E-state index in [4.69, 9.17) is 0 Å². The van der Waals surface area contributed by atoms with Gasteiger partial charge >= 0.3 is 27.4 Å². The van der Waals surface area contributed by atoms with Gasteiger partial charge in [0.1, 0.15) is 0 Å². The maximum atomic E-state index is 12.4. The van der Waals surface area contributed by atoms with Gasteiger partial charge in [-0.1, -0.05) is 18.2 Å². The Hall–Kier alpha value is -1.48. The Morgan fingerprint density at radius 1 is 0.842 bits per heavy atom. The van der Waals surface area contributed by atoms with Gasteiger partial charge in [0.25, 0.3) is 0 Å². The molecular weight excluding hydrogens is 364 g/mol. The summed E-state index contributed by atoms with van der Waals surface area (Å²) in [5.41, 5.74) is -0.0283. The summed E-state index contributed by atoms with van der Waals surface area (Å²) in [6.45, 7) is 0. The van der Waals surface area contributed by atoms with Crippen LogP contribution in [0.4, 0.5) is 13.2 Å². The van der Waals surface area contributed by atoms with E-state index in [2.05, 4.69) is 9.85 Å². The SMILES string of the molecule is FC(F)(F)c1ccc(C#C[I+]c2ccccc2)cc1. The van der Waals surface area contributed by atoms with Gasteiger partial charge in [0.15, 0.2) is 3.93 Å². The van der Waals surface area contributed by atoms with E-state index in [-0.39, 0.29) is 0 Å². The largest absolute Gasteiger partial charge is 0.420 e. The summed E-state index contributed by atoms with van der Waals surface area (Å²) in [5.74, 6) is 2.90. The van der Waals surface area contributed by atoms with E-state index in [1.165, 1.54) is 15.7 Å². The van der Waals surface area contributed by atoms with Crippen LogP contribution in [-0.2, 0) is 6.18 Å². The van der Waals surface area contributed by atoms with Crippen molar-refractivity contribution in [1.29, 1.82) is 0 Å². The number of alkyl halides is 3. The lowest BCUT2D eigenvalue weighted by atomic mass is 10.1. The number of benzene rings is 2. The predicted octanol–water partition coefficient (Wildman–Crippen LogP) is 0.973. The third-order valence-corrected chi connectivity index (χ3v) is 4.17. The van der Waals surface area contributed by atoms with Gasteiger partial charge in [0, 0.05) is 5.56 Å². The Labute approximate surface area is 119 Å². The zero-order chi connectivity index (χ0) is 13.7. The molecule has 0 unspecified atom stereocenters. The first-order chi connectivity index (χ1) is 9.05. The second-order valence-electron chi connectivity index (χ2n) is 3.68. The standard InChI is InChI=1S/C15H9F3I/c16-15(17,18)13-8-6-12(7-9-13)10-11-19-14-4-2-1-3-5-14/h1-9H/q+1. The molecule has 0 N–H and O–H groups in total. The molecule has 0 aliphatic rings. The van der Waals surface area contributed by atoms with Gasteiger partial charge in [-0.25, -0.2) is 0 Å². The molecule has 4 heteroatoms. The Bertz CT molecular complexity index is 589. The Morgan fingerprint density at radius 2 is 1.47 bits per heavy atom. The van der Waals surface area contributed by atoms with E-state index >= 15 is 0 Å². The molecule has 0 nitrogen and oxygen atoms in total. The van der Waals surface area contributed by atoms with Crippen LogP contribution in [0.1, 0.15) is 11.1 Å². The second kappa shape index (κ2) is 6.11. The molecule has 0 fully saturated rings. The topological polar surface area (TPSA) is 0 Å². The zero-order valence-electron chi connectivity index (χ0n) is 9.71. The summed E-state index contributed by atoms with van der Waals surface area (Å²) >= 11 is -0.413. The third kappa shape index (κ3) is 4.28. The summed E-state index contributed by atoms with van der Waals surface area (Å²) in [6, 6.07) is 14.8. The number of halogens is 4. The van der Waals surface area contributed by atoms with Crippen LogP contribution < -0.4 is 21.2 Å². The average Bonchev–Trinajstić information content (AvgIpc) is 2.39. The van der Waals surface area contributed by atoms with Gasteiger partial charge in [0.05, 0.1) is 5.56 Å². The van der Waals surface area contributed by atoms with Crippen LogP contribution in [0.25, 0.3) is 0 Å². The fraction of sp³-hybridized carbons (Fsp3) is 0.0667. The molecule has 0 amide bonds. The van der Waals surface area contributed by atoms with E-state index in [0.717, 1.165) is 12.1 Å². The van der Waals surface area contributed by atoms with Gasteiger partial charge in [-0.15, -0.1) is 0 Å². The number of rotatable bonds is 1. The fourth-order valence-electron chi connectivity index (χ4n) is 1.35. The molecule has 0 saturated carbocycles. The first-order valence-electron chi connectivity index (χ1n) is 5.43. The monoisotopic (exact) mass is 373 g/mol. The number of hydrogen-bond acceptors (Lipinski definition) is 0. The average molecular weight is 373 g/mol. The molecule has 0 bridgehead atoms. The maximum absolute atomic E-state index is 12.4. The van der Waals surface area contributed by atoms with Crippen molar-refractivity contribution in [2.24, 2.45) is 0 Å². The first-order valence-corrected chi connectivity index (χ1v) is 7.58. The molecule has 0 aromatic heterocycles. The van der Waals surface area contributed by atoms with E-state index in [1.807, 2.05) is 30.3 Å². The van der Waals surface area contributed by atoms with Crippen LogP contribution in [0.15, 0.2) is 54.6 Å². The van der Waals surface area contributed by atoms with Crippen LogP contribution in [-0.4, -0.2) is 0 Å². The highest BCUT2D eigenvalue weighted by atomic mass is 127. The van der Waals surface area contributed by atoms with E-state index < -0.39 is 32.9 Å². The molecule has 2 aromatic rings. The summed E-state index contributed by atoms with van der Waals surface area (Å²) in [5, 5.41) is 0. The lowest BCUT2D eigenvalue weighted by molar-refractivity contribution is -0.535. The highest BCUT2D eigenvalue weighted by Crippen LogP contribution is 2.28. The molecule has 96 valence electrons. The molecule has 19 heavy (non-hydrogen) atoms. The third-order valence-electron chi connectivity index (χ3n) is 2.29. The molecule has 0 saturated heterocycles. The van der Waals surface area contributed by atoms with Crippen molar-refractivity contribution in [2.45, 2.75) is 6.18 Å². The molecule has 2 rings (SSSR count). The van der Waals surface area contributed by atoms with Crippen molar-refractivity contribution in [2.75, 3.05) is 0 Å². The lowest BCUT2D eigenvalue weighted by Crippen LogP contribution is -3.59. The van der Waals surface area contributed by atoms with Gasteiger partial charge in [-0.3, -0.25) is 0 Å². The molecule has 0 radical (unpaired) electrons. The molecule has 0 aliphatic heterocycles. The van der Waals surface area contributed by atoms with Crippen molar-refractivity contribution in [3.05, 3.63) is 69.3 Å². The van der Waals surface area contributed by atoms with Crippen molar-refractivity contribution >= 4 is 0 Å². The van der Waals surface area contributed by atoms with E-state index in [1.54, 1.807) is 0 Å². The minimum Gasteiger partial charge on any atom is -0.166 e. The Kier molecular flexibility index (Phi) is 4.48. The van der Waals surface area contributed by atoms with Crippen LogP contribution in [0.3, 0.4) is 0 Å². The number of hydrogen-bond donors (Lipinski definition) is 0. The van der Waals surface area contributed by atoms with Crippen molar-refractivity contribution in [3.63, 3.8) is 0 Å². The second-order valence-corrected chi connectivity index (χ2v) is 6.01. The Morgan fingerprint density at radius 3 is 2.05 bits per heavy atom. The van der Waals surface area contributed by atoms with Gasteiger partial charge in [-0.05, 0) is 42.3 Å². The first kappa shape index (κ1) is 13.9. The summed E-state index contributed by atoms with van der Waals surface area (Å²) < 4.78 is 41.3. The molecule has 2 aromatic carbocycles.